The van der Waals surface area contributed by atoms with Crippen LogP contribution in [-0.4, -0.2) is 51.9 Å². The van der Waals surface area contributed by atoms with E-state index in [0.717, 1.165) is 32.5 Å². The van der Waals surface area contributed by atoms with Gasteiger partial charge in [-0.2, -0.15) is 0 Å². The first kappa shape index (κ1) is 18.7. The van der Waals surface area contributed by atoms with Crippen molar-refractivity contribution in [1.82, 2.24) is 0 Å². The quantitative estimate of drug-likeness (QED) is 0.279. The molecule has 0 saturated carbocycles. The molecule has 0 unspecified atom stereocenters. The normalized spacial score (nSPS) is 10.6. The van der Waals surface area contributed by atoms with E-state index in [4.69, 9.17) is 18.4 Å². The van der Waals surface area contributed by atoms with Gasteiger partial charge in [0.25, 0.3) is 0 Å². The zero-order chi connectivity index (χ0) is 14.2. The van der Waals surface area contributed by atoms with Gasteiger partial charge in [-0.15, -0.1) is 0 Å². The minimum absolute atomic E-state index is 0.00659. The average Bonchev–Trinajstić information content (AvgIpc) is 2.40. The zero-order valence-corrected chi connectivity index (χ0v) is 12.8. The maximum atomic E-state index is 10.9. The van der Waals surface area contributed by atoms with E-state index in [2.05, 4.69) is 0 Å². The molecular weight excluding hydrogens is 268 g/mol. The maximum Gasteiger partial charge on any atom is 0.332 e. The van der Waals surface area contributed by atoms with Crippen molar-refractivity contribution in [1.29, 1.82) is 0 Å². The lowest BCUT2D eigenvalue weighted by atomic mass is 10.2. The molecule has 0 fully saturated rings. The van der Waals surface area contributed by atoms with Crippen LogP contribution in [0.25, 0.3) is 0 Å². The van der Waals surface area contributed by atoms with Crippen LogP contribution in [0, 0.1) is 0 Å². The van der Waals surface area contributed by atoms with Gasteiger partial charge >= 0.3 is 5.97 Å². The van der Waals surface area contributed by atoms with Crippen molar-refractivity contribution < 1.29 is 23.2 Å². The fraction of sp³-hybridized carbons (Fsp3) is 0.923. The van der Waals surface area contributed by atoms with E-state index in [0.29, 0.717) is 19.8 Å². The number of hydrogen-bond donors (Lipinski definition) is 0. The summed E-state index contributed by atoms with van der Waals surface area (Å²) in [6.07, 6.45) is 6.41. The van der Waals surface area contributed by atoms with Crippen LogP contribution < -0.4 is 0 Å². The fourth-order valence-corrected chi connectivity index (χ4v) is 1.66. The van der Waals surface area contributed by atoms with Crippen molar-refractivity contribution in [3.63, 3.8) is 0 Å². The van der Waals surface area contributed by atoms with Crippen molar-refractivity contribution in [2.24, 2.45) is 0 Å². The van der Waals surface area contributed by atoms with Gasteiger partial charge in [0.15, 0.2) is 0 Å². The highest BCUT2D eigenvalue weighted by Gasteiger charge is 2.00. The standard InChI is InChI=1S/C13H26O5S/c1-3-17-13(14)12-16-11-10-15-8-6-4-5-7-9-18-19-2/h3-12H2,1-2H3. The number of carbonyl (C=O) groups is 1. The molecule has 0 heterocycles. The van der Waals surface area contributed by atoms with Crippen LogP contribution in [0.15, 0.2) is 0 Å². The van der Waals surface area contributed by atoms with E-state index >= 15 is 0 Å². The van der Waals surface area contributed by atoms with Gasteiger partial charge in [-0.1, -0.05) is 12.8 Å². The van der Waals surface area contributed by atoms with E-state index in [1.165, 1.54) is 18.5 Å². The predicted molar refractivity (Wildman–Crippen MR) is 76.2 cm³/mol. The Morgan fingerprint density at radius 3 is 2.32 bits per heavy atom. The highest BCUT2D eigenvalue weighted by Crippen LogP contribution is 2.03. The molecule has 0 radical (unpaired) electrons. The van der Waals surface area contributed by atoms with Crippen LogP contribution in [0.4, 0.5) is 0 Å². The van der Waals surface area contributed by atoms with Gasteiger partial charge in [0.1, 0.15) is 6.61 Å². The van der Waals surface area contributed by atoms with Crippen LogP contribution in [0.2, 0.25) is 0 Å². The van der Waals surface area contributed by atoms with Crippen molar-refractivity contribution >= 4 is 18.0 Å². The number of carbonyl (C=O) groups excluding carboxylic acids is 1. The van der Waals surface area contributed by atoms with E-state index < -0.39 is 0 Å². The van der Waals surface area contributed by atoms with E-state index in [-0.39, 0.29) is 12.6 Å². The molecule has 0 saturated heterocycles. The van der Waals surface area contributed by atoms with Crippen molar-refractivity contribution in [2.75, 3.05) is 45.9 Å². The van der Waals surface area contributed by atoms with Gasteiger partial charge in [0.05, 0.1) is 26.4 Å². The molecule has 0 spiro atoms. The maximum absolute atomic E-state index is 10.9. The Bertz CT molecular complexity index is 201. The second-order valence-electron chi connectivity index (χ2n) is 3.87. The minimum Gasteiger partial charge on any atom is -0.464 e. The molecule has 0 aromatic carbocycles. The van der Waals surface area contributed by atoms with Crippen molar-refractivity contribution in [2.45, 2.75) is 32.6 Å². The topological polar surface area (TPSA) is 54.0 Å². The summed E-state index contributed by atoms with van der Waals surface area (Å²) in [7, 11) is 0. The molecule has 0 atom stereocenters. The molecule has 0 aliphatic heterocycles. The van der Waals surface area contributed by atoms with E-state index in [1.807, 2.05) is 6.26 Å². The van der Waals surface area contributed by atoms with E-state index in [9.17, 15) is 4.79 Å². The van der Waals surface area contributed by atoms with Gasteiger partial charge in [0, 0.05) is 12.9 Å². The fourth-order valence-electron chi connectivity index (χ4n) is 1.38. The molecule has 0 rings (SSSR count). The predicted octanol–water partition coefficient (Wildman–Crippen LogP) is 2.44. The Morgan fingerprint density at radius 1 is 0.947 bits per heavy atom. The molecule has 0 aliphatic rings. The Balaban J connectivity index is 3.01. The summed E-state index contributed by atoms with van der Waals surface area (Å²) >= 11 is 1.41. The summed E-state index contributed by atoms with van der Waals surface area (Å²) in [4.78, 5) is 10.9. The van der Waals surface area contributed by atoms with E-state index in [1.54, 1.807) is 6.92 Å². The van der Waals surface area contributed by atoms with Crippen LogP contribution >= 0.6 is 12.0 Å². The summed E-state index contributed by atoms with van der Waals surface area (Å²) in [6, 6.07) is 0. The molecule has 0 N–H and O–H groups in total. The Labute approximate surface area is 120 Å². The second-order valence-corrected chi connectivity index (χ2v) is 4.44. The van der Waals surface area contributed by atoms with Crippen LogP contribution in [0.3, 0.4) is 0 Å². The molecule has 114 valence electrons. The number of rotatable bonds is 14. The summed E-state index contributed by atoms with van der Waals surface area (Å²) < 4.78 is 20.4. The third kappa shape index (κ3) is 15.6. The number of unbranched alkanes of at least 4 members (excludes halogenated alkanes) is 3. The first-order chi connectivity index (χ1) is 9.31. The molecule has 6 heteroatoms. The second kappa shape index (κ2) is 15.8. The van der Waals surface area contributed by atoms with Crippen LogP contribution in [-0.2, 0) is 23.2 Å². The van der Waals surface area contributed by atoms with Crippen molar-refractivity contribution in [3.05, 3.63) is 0 Å². The van der Waals surface area contributed by atoms with Crippen LogP contribution in [0.5, 0.6) is 0 Å². The zero-order valence-electron chi connectivity index (χ0n) is 12.0. The SMILES string of the molecule is CCOC(=O)COCCOCCCCCCOSC. The van der Waals surface area contributed by atoms with Crippen LogP contribution in [0.1, 0.15) is 32.6 Å². The Kier molecular flexibility index (Phi) is 15.5. The molecule has 0 aliphatic carbocycles. The summed E-state index contributed by atoms with van der Waals surface area (Å²) in [6.45, 7) is 4.69. The monoisotopic (exact) mass is 294 g/mol. The Morgan fingerprint density at radius 2 is 1.63 bits per heavy atom. The Hall–Kier alpha value is -0.300. The van der Waals surface area contributed by atoms with Gasteiger partial charge in [-0.3, -0.25) is 0 Å². The third-order valence-electron chi connectivity index (χ3n) is 2.28. The molecule has 0 amide bonds. The van der Waals surface area contributed by atoms with Gasteiger partial charge < -0.3 is 18.4 Å². The summed E-state index contributed by atoms with van der Waals surface area (Å²) in [5, 5.41) is 0. The first-order valence-electron chi connectivity index (χ1n) is 6.78. The lowest BCUT2D eigenvalue weighted by Gasteiger charge is -2.05. The van der Waals surface area contributed by atoms with Gasteiger partial charge in [-0.25, -0.2) is 4.79 Å². The highest BCUT2D eigenvalue weighted by molar-refractivity contribution is 7.93. The molecule has 5 nitrogen and oxygen atoms in total. The molecule has 0 aromatic rings. The molecule has 0 bridgehead atoms. The lowest BCUT2D eigenvalue weighted by molar-refractivity contribution is -0.148. The smallest absolute Gasteiger partial charge is 0.332 e. The summed E-state index contributed by atoms with van der Waals surface area (Å²) in [5.74, 6) is -0.324. The molecule has 0 aromatic heterocycles. The summed E-state index contributed by atoms with van der Waals surface area (Å²) in [5.41, 5.74) is 0. The third-order valence-corrected chi connectivity index (χ3v) is 2.68. The minimum atomic E-state index is -0.324. The highest BCUT2D eigenvalue weighted by atomic mass is 32.2. The van der Waals surface area contributed by atoms with Crippen molar-refractivity contribution in [3.8, 4) is 0 Å². The number of ether oxygens (including phenoxy) is 3. The van der Waals surface area contributed by atoms with Gasteiger partial charge in [0.2, 0.25) is 0 Å². The number of hydrogen-bond acceptors (Lipinski definition) is 6. The van der Waals surface area contributed by atoms with Gasteiger partial charge in [-0.05, 0) is 31.8 Å². The number of esters is 1. The molecular formula is C13H26O5S. The average molecular weight is 294 g/mol. The largest absolute Gasteiger partial charge is 0.464 e. The lowest BCUT2D eigenvalue weighted by Crippen LogP contribution is -2.15. The first-order valence-corrected chi connectivity index (χ1v) is 7.93. The molecule has 19 heavy (non-hydrogen) atoms.